The summed E-state index contributed by atoms with van der Waals surface area (Å²) in [5.74, 6) is 0.504. The molecule has 5 heteroatoms. The van der Waals surface area contributed by atoms with Crippen LogP contribution in [-0.2, 0) is 6.42 Å². The summed E-state index contributed by atoms with van der Waals surface area (Å²) in [5, 5.41) is 17.5. The van der Waals surface area contributed by atoms with Crippen LogP contribution in [0.15, 0.2) is 24.3 Å². The molecule has 18 heavy (non-hydrogen) atoms. The third-order valence-corrected chi connectivity index (χ3v) is 3.06. The maximum atomic E-state index is 9.04. The highest BCUT2D eigenvalue weighted by Gasteiger charge is 2.08. The summed E-state index contributed by atoms with van der Waals surface area (Å²) in [6.45, 7) is 5.35. The van der Waals surface area contributed by atoms with Gasteiger partial charge in [0.15, 0.2) is 0 Å². The van der Waals surface area contributed by atoms with Crippen molar-refractivity contribution >= 4 is 0 Å². The molecule has 0 saturated heterocycles. The molecule has 0 aliphatic rings. The molecule has 0 amide bonds. The van der Waals surface area contributed by atoms with Crippen molar-refractivity contribution in [3.63, 3.8) is 0 Å². The monoisotopic (exact) mass is 254 g/mol. The van der Waals surface area contributed by atoms with Gasteiger partial charge < -0.3 is 20.0 Å². The van der Waals surface area contributed by atoms with E-state index in [2.05, 4.69) is 25.8 Å². The number of hydrogen-bond acceptors (Lipinski definition) is 5. The molecule has 5 nitrogen and oxygen atoms in total. The van der Waals surface area contributed by atoms with Gasteiger partial charge in [0.25, 0.3) is 6.41 Å². The van der Waals surface area contributed by atoms with Crippen molar-refractivity contribution in [2.75, 3.05) is 13.6 Å². The van der Waals surface area contributed by atoms with Crippen LogP contribution in [0.3, 0.4) is 0 Å². The number of benzene rings is 1. The molecule has 2 atom stereocenters. The van der Waals surface area contributed by atoms with Crippen LogP contribution in [-0.4, -0.2) is 41.3 Å². The number of aliphatic hydroxyl groups excluding tert-OH is 1. The molecule has 1 rings (SSSR count). The summed E-state index contributed by atoms with van der Waals surface area (Å²) >= 11 is 0. The van der Waals surface area contributed by atoms with Gasteiger partial charge in [-0.2, -0.15) is 0 Å². The molecule has 0 bridgehead atoms. The van der Waals surface area contributed by atoms with E-state index in [9.17, 15) is 0 Å². The van der Waals surface area contributed by atoms with Crippen LogP contribution < -0.4 is 10.2 Å². The minimum Gasteiger partial charge on any atom is -0.450 e. The third-order valence-electron chi connectivity index (χ3n) is 3.06. The Morgan fingerprint density at radius 2 is 1.94 bits per heavy atom. The maximum Gasteiger partial charge on any atom is 0.278 e. The van der Waals surface area contributed by atoms with Crippen LogP contribution in [0, 0.1) is 0 Å². The largest absolute Gasteiger partial charge is 0.450 e. The molecular formula is C13H22N2O3. The van der Waals surface area contributed by atoms with Crippen molar-refractivity contribution in [3.8, 4) is 5.75 Å². The molecule has 0 aliphatic heterocycles. The van der Waals surface area contributed by atoms with E-state index in [0.29, 0.717) is 11.8 Å². The third kappa shape index (κ3) is 4.62. The molecule has 1 aromatic carbocycles. The quantitative estimate of drug-likeness (QED) is 0.504. The van der Waals surface area contributed by atoms with Crippen molar-refractivity contribution in [1.82, 2.24) is 10.4 Å². The van der Waals surface area contributed by atoms with Gasteiger partial charge in [0.1, 0.15) is 5.75 Å². The molecule has 2 unspecified atom stereocenters. The van der Waals surface area contributed by atoms with Crippen LogP contribution in [0.2, 0.25) is 0 Å². The first-order valence-electron chi connectivity index (χ1n) is 6.10. The van der Waals surface area contributed by atoms with Crippen LogP contribution in [0.25, 0.3) is 0 Å². The van der Waals surface area contributed by atoms with Gasteiger partial charge in [0, 0.05) is 6.04 Å². The van der Waals surface area contributed by atoms with Gasteiger partial charge in [-0.1, -0.05) is 19.1 Å². The number of hydroxylamine groups is 1. The first kappa shape index (κ1) is 14.9. The minimum absolute atomic E-state index is 0.478. The Labute approximate surface area is 108 Å². The van der Waals surface area contributed by atoms with Gasteiger partial charge in [0.05, 0.1) is 0 Å². The predicted molar refractivity (Wildman–Crippen MR) is 69.5 cm³/mol. The Morgan fingerprint density at radius 3 is 2.44 bits per heavy atom. The smallest absolute Gasteiger partial charge is 0.278 e. The van der Waals surface area contributed by atoms with Gasteiger partial charge in [-0.05, 0) is 44.6 Å². The molecule has 102 valence electrons. The number of nitrogens with zero attached hydrogens (tertiary/aromatic N) is 1. The van der Waals surface area contributed by atoms with E-state index >= 15 is 0 Å². The summed E-state index contributed by atoms with van der Waals surface area (Å²) in [7, 11) is 2.10. The van der Waals surface area contributed by atoms with Crippen LogP contribution in [0.5, 0.6) is 5.75 Å². The highest BCUT2D eigenvalue weighted by atomic mass is 16.7. The lowest BCUT2D eigenvalue weighted by Crippen LogP contribution is -2.31. The number of hydrogen-bond donors (Lipinski definition) is 3. The van der Waals surface area contributed by atoms with E-state index in [-0.39, 0.29) is 0 Å². The van der Waals surface area contributed by atoms with E-state index in [4.69, 9.17) is 15.1 Å². The van der Waals surface area contributed by atoms with Gasteiger partial charge in [0.2, 0.25) is 0 Å². The van der Waals surface area contributed by atoms with Gasteiger partial charge in [-0.15, -0.1) is 5.48 Å². The number of ether oxygens (including phenoxy) is 1. The molecule has 0 aromatic heterocycles. The lowest BCUT2D eigenvalue weighted by atomic mass is 10.1. The normalized spacial score (nSPS) is 14.6. The molecule has 0 heterocycles. The van der Waals surface area contributed by atoms with Crippen molar-refractivity contribution in [1.29, 1.82) is 0 Å². The zero-order valence-corrected chi connectivity index (χ0v) is 11.1. The van der Waals surface area contributed by atoms with Crippen LogP contribution >= 0.6 is 0 Å². The molecule has 0 aliphatic carbocycles. The minimum atomic E-state index is -1.40. The molecule has 0 saturated carbocycles. The maximum absolute atomic E-state index is 9.04. The first-order chi connectivity index (χ1) is 8.56. The lowest BCUT2D eigenvalue weighted by molar-refractivity contribution is -0.119. The second kappa shape index (κ2) is 7.33. The lowest BCUT2D eigenvalue weighted by Gasteiger charge is -2.23. The van der Waals surface area contributed by atoms with Crippen molar-refractivity contribution in [2.24, 2.45) is 0 Å². The fourth-order valence-electron chi connectivity index (χ4n) is 1.67. The van der Waals surface area contributed by atoms with Crippen LogP contribution in [0.4, 0.5) is 0 Å². The van der Waals surface area contributed by atoms with Crippen molar-refractivity contribution in [3.05, 3.63) is 29.8 Å². The summed E-state index contributed by atoms with van der Waals surface area (Å²) < 4.78 is 4.98. The number of nitrogens with one attached hydrogen (secondary N) is 1. The summed E-state index contributed by atoms with van der Waals surface area (Å²) in [6.07, 6.45) is -0.438. The van der Waals surface area contributed by atoms with E-state index in [0.717, 1.165) is 13.0 Å². The molecule has 3 N–H and O–H groups in total. The van der Waals surface area contributed by atoms with Gasteiger partial charge >= 0.3 is 0 Å². The Hall–Kier alpha value is -1.14. The van der Waals surface area contributed by atoms with Crippen LogP contribution in [0.1, 0.15) is 19.4 Å². The van der Waals surface area contributed by atoms with Gasteiger partial charge in [-0.3, -0.25) is 0 Å². The average molecular weight is 254 g/mol. The van der Waals surface area contributed by atoms with E-state index in [1.54, 1.807) is 17.6 Å². The average Bonchev–Trinajstić information content (AvgIpc) is 2.39. The van der Waals surface area contributed by atoms with E-state index in [1.165, 1.54) is 5.56 Å². The second-order valence-electron chi connectivity index (χ2n) is 4.37. The summed E-state index contributed by atoms with van der Waals surface area (Å²) in [6, 6.07) is 7.94. The topological polar surface area (TPSA) is 65.0 Å². The molecule has 0 radical (unpaired) electrons. The highest BCUT2D eigenvalue weighted by Crippen LogP contribution is 2.15. The number of likely N-dealkylation sites (N-methyl/N-ethyl adjacent to an activating group) is 1. The zero-order chi connectivity index (χ0) is 13.5. The van der Waals surface area contributed by atoms with Crippen molar-refractivity contribution in [2.45, 2.75) is 32.7 Å². The number of rotatable bonds is 7. The fourth-order valence-corrected chi connectivity index (χ4v) is 1.67. The first-order valence-corrected chi connectivity index (χ1v) is 6.10. The Morgan fingerprint density at radius 1 is 1.33 bits per heavy atom. The molecule has 1 aromatic rings. The van der Waals surface area contributed by atoms with E-state index < -0.39 is 6.41 Å². The molecule has 0 spiro atoms. The van der Waals surface area contributed by atoms with Crippen molar-refractivity contribution < 1.29 is 15.1 Å². The SMILES string of the molecule is CCN(C)C(C)Cc1ccc(OC(O)NO)cc1. The fraction of sp³-hybridized carbons (Fsp3) is 0.538. The van der Waals surface area contributed by atoms with Gasteiger partial charge in [-0.25, -0.2) is 0 Å². The Balaban J connectivity index is 2.55. The molecule has 0 fully saturated rings. The van der Waals surface area contributed by atoms with E-state index in [1.807, 2.05) is 12.1 Å². The summed E-state index contributed by atoms with van der Waals surface area (Å²) in [4.78, 5) is 2.28. The predicted octanol–water partition coefficient (Wildman–Crippen LogP) is 1.20. The second-order valence-corrected chi connectivity index (χ2v) is 4.37. The zero-order valence-electron chi connectivity index (χ0n) is 11.1. The number of aliphatic hydroxyl groups is 1. The Bertz CT molecular complexity index is 343. The highest BCUT2D eigenvalue weighted by molar-refractivity contribution is 5.27. The standard InChI is InChI=1S/C13H22N2O3/c1-4-15(3)10(2)9-11-5-7-12(8-6-11)18-13(16)14-17/h5-8,10,13-14,16-17H,4,9H2,1-3H3. The summed E-state index contributed by atoms with van der Waals surface area (Å²) in [5.41, 5.74) is 2.82. The molecular weight excluding hydrogens is 232 g/mol. The Kier molecular flexibility index (Phi) is 6.07.